The third-order valence-corrected chi connectivity index (χ3v) is 4.46. The number of rotatable bonds is 2. The molecule has 0 N–H and O–H groups in total. The maximum absolute atomic E-state index is 6.15. The molecule has 0 saturated heterocycles. The van der Waals surface area contributed by atoms with Gasteiger partial charge in [0, 0.05) is 10.7 Å². The van der Waals surface area contributed by atoms with E-state index in [1.165, 1.54) is 0 Å². The van der Waals surface area contributed by atoms with Crippen molar-refractivity contribution in [1.82, 2.24) is 15.0 Å². The summed E-state index contributed by atoms with van der Waals surface area (Å²) in [5.74, 6) is 0.864. The molecule has 0 saturated carbocycles. The number of hydrogen-bond donors (Lipinski definition) is 0. The molecule has 0 atom stereocenters. The zero-order valence-electron chi connectivity index (χ0n) is 9.78. The van der Waals surface area contributed by atoms with E-state index < -0.39 is 0 Å². The topological polar surface area (TPSA) is 38.7 Å². The largest absolute Gasteiger partial charge is 0.252 e. The quantitative estimate of drug-likeness (QED) is 0.505. The fourth-order valence-electron chi connectivity index (χ4n) is 1.44. The van der Waals surface area contributed by atoms with Crippen LogP contribution in [0.25, 0.3) is 11.5 Å². The second-order valence-corrected chi connectivity index (χ2v) is 6.41. The number of aromatic nitrogens is 3. The van der Waals surface area contributed by atoms with Crippen molar-refractivity contribution in [2.24, 2.45) is 0 Å². The lowest BCUT2D eigenvalue weighted by Gasteiger charge is -2.10. The van der Waals surface area contributed by atoms with E-state index in [0.29, 0.717) is 16.9 Å². The third kappa shape index (κ3) is 3.00. The summed E-state index contributed by atoms with van der Waals surface area (Å²) in [6.07, 6.45) is 1.72. The molecular weight excluding hydrogens is 428 g/mol. The van der Waals surface area contributed by atoms with Crippen LogP contribution in [0.2, 0.25) is 5.15 Å². The predicted octanol–water partition coefficient (Wildman–Crippen LogP) is 4.68. The second kappa shape index (κ2) is 5.79. The highest BCUT2D eigenvalue weighted by atomic mass is 127. The summed E-state index contributed by atoms with van der Waals surface area (Å²) in [7, 11) is 0. The van der Waals surface area contributed by atoms with Crippen molar-refractivity contribution in [2.45, 2.75) is 19.8 Å². The van der Waals surface area contributed by atoms with Gasteiger partial charge in [-0.15, -0.1) is 0 Å². The molecule has 18 heavy (non-hydrogen) atoms. The van der Waals surface area contributed by atoms with Gasteiger partial charge in [0.25, 0.3) is 0 Å². The maximum Gasteiger partial charge on any atom is 0.179 e. The van der Waals surface area contributed by atoms with Gasteiger partial charge < -0.3 is 0 Å². The third-order valence-electron chi connectivity index (χ3n) is 2.34. The standard InChI is InChI=1S/C12H10BrClIN3/c1-6(2)10-9(15)11(14)18-12(17-10)8-4-3-7(13)5-16-8/h3-6H,1-2H3. The Morgan fingerprint density at radius 2 is 2.00 bits per heavy atom. The van der Waals surface area contributed by atoms with Gasteiger partial charge in [-0.1, -0.05) is 25.4 Å². The van der Waals surface area contributed by atoms with Gasteiger partial charge in [0.05, 0.1) is 9.26 Å². The summed E-state index contributed by atoms with van der Waals surface area (Å²) < 4.78 is 1.83. The van der Waals surface area contributed by atoms with E-state index >= 15 is 0 Å². The number of halogens is 3. The molecule has 0 aromatic carbocycles. The molecule has 2 aromatic heterocycles. The molecule has 0 fully saturated rings. The Bertz CT molecular complexity index is 572. The van der Waals surface area contributed by atoms with Crippen LogP contribution in [0.4, 0.5) is 0 Å². The van der Waals surface area contributed by atoms with Gasteiger partial charge in [-0.25, -0.2) is 9.97 Å². The lowest BCUT2D eigenvalue weighted by Crippen LogP contribution is -2.03. The lowest BCUT2D eigenvalue weighted by molar-refractivity contribution is 0.807. The van der Waals surface area contributed by atoms with Crippen LogP contribution in [0.15, 0.2) is 22.8 Å². The van der Waals surface area contributed by atoms with E-state index in [1.54, 1.807) is 6.20 Å². The van der Waals surface area contributed by atoms with E-state index in [-0.39, 0.29) is 0 Å². The van der Waals surface area contributed by atoms with Gasteiger partial charge in [0.2, 0.25) is 0 Å². The van der Waals surface area contributed by atoms with Crippen molar-refractivity contribution < 1.29 is 0 Å². The monoisotopic (exact) mass is 437 g/mol. The minimum Gasteiger partial charge on any atom is -0.252 e. The van der Waals surface area contributed by atoms with Gasteiger partial charge in [-0.3, -0.25) is 4.98 Å². The zero-order chi connectivity index (χ0) is 13.3. The Labute approximate surface area is 133 Å². The van der Waals surface area contributed by atoms with E-state index in [1.807, 2.05) is 12.1 Å². The molecule has 0 bridgehead atoms. The van der Waals surface area contributed by atoms with Crippen molar-refractivity contribution in [3.05, 3.63) is 37.2 Å². The molecule has 0 aliphatic rings. The molecule has 3 nitrogen and oxygen atoms in total. The first-order valence-corrected chi connectivity index (χ1v) is 7.59. The molecule has 0 unspecified atom stereocenters. The van der Waals surface area contributed by atoms with E-state index in [0.717, 1.165) is 19.4 Å². The molecule has 0 aliphatic carbocycles. The van der Waals surface area contributed by atoms with Crippen molar-refractivity contribution in [3.63, 3.8) is 0 Å². The molecule has 6 heteroatoms. The highest BCUT2D eigenvalue weighted by Gasteiger charge is 2.15. The molecule has 0 aliphatic heterocycles. The van der Waals surface area contributed by atoms with E-state index in [2.05, 4.69) is 67.3 Å². The average molecular weight is 438 g/mol. The fraction of sp³-hybridized carbons (Fsp3) is 0.250. The highest BCUT2D eigenvalue weighted by molar-refractivity contribution is 14.1. The first-order chi connectivity index (χ1) is 8.49. The predicted molar refractivity (Wildman–Crippen MR) is 84.8 cm³/mol. The molecular formula is C12H10BrClIN3. The van der Waals surface area contributed by atoms with Crippen LogP contribution in [0.3, 0.4) is 0 Å². The van der Waals surface area contributed by atoms with Gasteiger partial charge in [0.15, 0.2) is 5.82 Å². The van der Waals surface area contributed by atoms with Gasteiger partial charge in [-0.2, -0.15) is 0 Å². The van der Waals surface area contributed by atoms with Crippen molar-refractivity contribution in [2.75, 3.05) is 0 Å². The molecule has 0 amide bonds. The first kappa shape index (κ1) is 14.1. The summed E-state index contributed by atoms with van der Waals surface area (Å²) in [5, 5.41) is 0.481. The summed E-state index contributed by atoms with van der Waals surface area (Å²) >= 11 is 11.7. The van der Waals surface area contributed by atoms with Crippen LogP contribution in [0.1, 0.15) is 25.5 Å². The molecule has 2 heterocycles. The zero-order valence-corrected chi connectivity index (χ0v) is 14.3. The number of nitrogens with zero attached hydrogens (tertiary/aromatic N) is 3. The summed E-state index contributed by atoms with van der Waals surface area (Å²) in [6, 6.07) is 3.78. The van der Waals surface area contributed by atoms with Crippen molar-refractivity contribution >= 4 is 50.1 Å². The van der Waals surface area contributed by atoms with Crippen LogP contribution in [-0.2, 0) is 0 Å². The lowest BCUT2D eigenvalue weighted by atomic mass is 10.1. The second-order valence-electron chi connectivity index (χ2n) is 4.05. The normalized spacial score (nSPS) is 11.0. The molecule has 94 valence electrons. The Kier molecular flexibility index (Phi) is 4.55. The maximum atomic E-state index is 6.15. The van der Waals surface area contributed by atoms with Crippen LogP contribution in [0.5, 0.6) is 0 Å². The van der Waals surface area contributed by atoms with Crippen molar-refractivity contribution in [3.8, 4) is 11.5 Å². The van der Waals surface area contributed by atoms with Gasteiger partial charge in [0.1, 0.15) is 10.8 Å². The Balaban J connectivity index is 2.55. The smallest absolute Gasteiger partial charge is 0.179 e. The average Bonchev–Trinajstić information content (AvgIpc) is 2.33. The summed E-state index contributed by atoms with van der Waals surface area (Å²) in [5.41, 5.74) is 1.67. The first-order valence-electron chi connectivity index (χ1n) is 5.34. The van der Waals surface area contributed by atoms with E-state index in [4.69, 9.17) is 11.6 Å². The Morgan fingerprint density at radius 1 is 1.28 bits per heavy atom. The Morgan fingerprint density at radius 3 is 2.56 bits per heavy atom. The molecule has 0 spiro atoms. The van der Waals surface area contributed by atoms with Gasteiger partial charge in [-0.05, 0) is 56.6 Å². The molecule has 2 aromatic rings. The SMILES string of the molecule is CC(C)c1nc(-c2ccc(Br)cn2)nc(Cl)c1I. The number of pyridine rings is 1. The molecule has 0 radical (unpaired) electrons. The van der Waals surface area contributed by atoms with E-state index in [9.17, 15) is 0 Å². The number of hydrogen-bond acceptors (Lipinski definition) is 3. The van der Waals surface area contributed by atoms with Crippen LogP contribution in [-0.4, -0.2) is 15.0 Å². The highest BCUT2D eigenvalue weighted by Crippen LogP contribution is 2.27. The summed E-state index contributed by atoms with van der Waals surface area (Å²) in [6.45, 7) is 4.17. The minimum atomic E-state index is 0.298. The Hall–Kier alpha value is -0.270. The van der Waals surface area contributed by atoms with Crippen LogP contribution < -0.4 is 0 Å². The minimum absolute atomic E-state index is 0.298. The molecule has 2 rings (SSSR count). The van der Waals surface area contributed by atoms with Crippen LogP contribution >= 0.6 is 50.1 Å². The summed E-state index contributed by atoms with van der Waals surface area (Å²) in [4.78, 5) is 13.1. The van der Waals surface area contributed by atoms with Gasteiger partial charge >= 0.3 is 0 Å². The fourth-order valence-corrected chi connectivity index (χ4v) is 2.72. The van der Waals surface area contributed by atoms with Crippen LogP contribution in [0, 0.1) is 3.57 Å². The van der Waals surface area contributed by atoms with Crippen molar-refractivity contribution in [1.29, 1.82) is 0 Å².